The van der Waals surface area contributed by atoms with Crippen molar-refractivity contribution in [1.82, 2.24) is 15.0 Å². The van der Waals surface area contributed by atoms with E-state index in [2.05, 4.69) is 95.9 Å². The molecule has 1 atom stereocenters. The Balaban J connectivity index is 1.24. The van der Waals surface area contributed by atoms with Gasteiger partial charge in [-0.15, -0.1) is 0 Å². The third-order valence-corrected chi connectivity index (χ3v) is 8.97. The lowest BCUT2D eigenvalue weighted by Gasteiger charge is -2.29. The van der Waals surface area contributed by atoms with Gasteiger partial charge < -0.3 is 4.90 Å². The maximum Gasteiger partial charge on any atom is 0.164 e. The van der Waals surface area contributed by atoms with E-state index in [1.54, 1.807) is 0 Å². The maximum absolute atomic E-state index is 5.01. The summed E-state index contributed by atoms with van der Waals surface area (Å²) in [5, 5.41) is 5.19. The van der Waals surface area contributed by atoms with E-state index in [0.29, 0.717) is 17.5 Å². The predicted octanol–water partition coefficient (Wildman–Crippen LogP) is 7.93. The maximum atomic E-state index is 5.01. The molecule has 6 aromatic carbocycles. The fraction of sp³-hybridized carbons (Fsp3) is 0.0488. The lowest BCUT2D eigenvalue weighted by atomic mass is 9.89. The van der Waals surface area contributed by atoms with Gasteiger partial charge in [0.05, 0.1) is 11.7 Å². The lowest BCUT2D eigenvalue weighted by Crippen LogP contribution is -2.38. The molecule has 4 heteroatoms. The first kappa shape index (κ1) is 25.6. The van der Waals surface area contributed by atoms with E-state index in [1.165, 1.54) is 38.0 Å². The third kappa shape index (κ3) is 4.26. The first-order valence-corrected chi connectivity index (χ1v) is 15.4. The normalized spacial score (nSPS) is 14.9. The van der Waals surface area contributed by atoms with Crippen LogP contribution < -0.4 is 15.3 Å². The Morgan fingerprint density at radius 3 is 1.91 bits per heavy atom. The van der Waals surface area contributed by atoms with Crippen LogP contribution in [0.1, 0.15) is 12.0 Å². The van der Waals surface area contributed by atoms with Crippen molar-refractivity contribution in [2.24, 2.45) is 0 Å². The van der Waals surface area contributed by atoms with Crippen molar-refractivity contribution in [3.05, 3.63) is 162 Å². The Kier molecular flexibility index (Phi) is 5.91. The van der Waals surface area contributed by atoms with Crippen LogP contribution in [0.3, 0.4) is 0 Å². The molecule has 7 aromatic rings. The fourth-order valence-corrected chi connectivity index (χ4v) is 6.96. The summed E-state index contributed by atoms with van der Waals surface area (Å²) in [6, 6.07) is 51.2. The summed E-state index contributed by atoms with van der Waals surface area (Å²) in [5.74, 6) is 1.99. The van der Waals surface area contributed by atoms with Gasteiger partial charge in [-0.2, -0.15) is 0 Å². The van der Waals surface area contributed by atoms with Crippen LogP contribution in [-0.4, -0.2) is 21.0 Å². The number of nitrogens with zero attached hydrogens (tertiary/aromatic N) is 4. The largest absolute Gasteiger partial charge is 0.333 e. The van der Waals surface area contributed by atoms with Crippen molar-refractivity contribution >= 4 is 33.8 Å². The van der Waals surface area contributed by atoms with E-state index in [9.17, 15) is 0 Å². The Morgan fingerprint density at radius 1 is 0.533 bits per heavy atom. The molecule has 0 fully saturated rings. The van der Waals surface area contributed by atoms with Gasteiger partial charge in [0, 0.05) is 27.9 Å². The van der Waals surface area contributed by atoms with Crippen molar-refractivity contribution in [2.75, 3.05) is 4.90 Å². The third-order valence-electron chi connectivity index (χ3n) is 8.97. The topological polar surface area (TPSA) is 41.9 Å². The molecule has 0 amide bonds. The number of rotatable bonds is 4. The highest BCUT2D eigenvalue weighted by atomic mass is 15.2. The second kappa shape index (κ2) is 10.4. The van der Waals surface area contributed by atoms with Gasteiger partial charge in [0.15, 0.2) is 17.5 Å². The first-order valence-electron chi connectivity index (χ1n) is 15.4. The van der Waals surface area contributed by atoms with Gasteiger partial charge in [-0.25, -0.2) is 15.0 Å². The Bertz CT molecular complexity index is 2310. The molecule has 0 saturated carbocycles. The zero-order valence-corrected chi connectivity index (χ0v) is 24.5. The average Bonchev–Trinajstić information content (AvgIpc) is 3.48. The van der Waals surface area contributed by atoms with Crippen molar-refractivity contribution < 1.29 is 0 Å². The highest BCUT2D eigenvalue weighted by Crippen LogP contribution is 2.48. The van der Waals surface area contributed by atoms with E-state index >= 15 is 0 Å². The monoisotopic (exact) mass is 576 g/mol. The molecular formula is C41H28N4. The Morgan fingerprint density at radius 2 is 1.16 bits per heavy atom. The zero-order valence-electron chi connectivity index (χ0n) is 24.5. The molecule has 0 bridgehead atoms. The molecule has 0 N–H and O–H groups in total. The van der Waals surface area contributed by atoms with Crippen LogP contribution in [0.25, 0.3) is 56.6 Å². The Labute approximate surface area is 261 Å². The minimum atomic E-state index is 0.189. The van der Waals surface area contributed by atoms with Crippen molar-refractivity contribution in [1.29, 1.82) is 0 Å². The molecule has 9 rings (SSSR count). The molecular weight excluding hydrogens is 548 g/mol. The van der Waals surface area contributed by atoms with E-state index in [0.717, 1.165) is 28.8 Å². The predicted molar refractivity (Wildman–Crippen MR) is 183 cm³/mol. The summed E-state index contributed by atoms with van der Waals surface area (Å²) in [6.45, 7) is 0. The molecule has 4 nitrogen and oxygen atoms in total. The van der Waals surface area contributed by atoms with Gasteiger partial charge >= 0.3 is 0 Å². The van der Waals surface area contributed by atoms with Crippen LogP contribution in [0.15, 0.2) is 146 Å². The summed E-state index contributed by atoms with van der Waals surface area (Å²) in [7, 11) is 0. The van der Waals surface area contributed by atoms with Gasteiger partial charge in [-0.05, 0) is 51.4 Å². The van der Waals surface area contributed by atoms with Gasteiger partial charge in [0.2, 0.25) is 0 Å². The molecule has 0 saturated heterocycles. The zero-order chi connectivity index (χ0) is 29.7. The second-order valence-corrected chi connectivity index (χ2v) is 11.6. The summed E-state index contributed by atoms with van der Waals surface area (Å²) in [4.78, 5) is 17.4. The molecule has 2 aliphatic rings. The number of fused-ring (bicyclic) bond motifs is 6. The van der Waals surface area contributed by atoms with Gasteiger partial charge in [-0.1, -0.05) is 133 Å². The minimum Gasteiger partial charge on any atom is -0.333 e. The van der Waals surface area contributed by atoms with Gasteiger partial charge in [0.1, 0.15) is 0 Å². The fourth-order valence-electron chi connectivity index (χ4n) is 6.96. The Hall–Kier alpha value is -5.87. The first-order chi connectivity index (χ1) is 22.3. The van der Waals surface area contributed by atoms with Crippen LogP contribution >= 0.6 is 0 Å². The number of hydrogen-bond donors (Lipinski definition) is 0. The van der Waals surface area contributed by atoms with Crippen molar-refractivity contribution in [3.63, 3.8) is 0 Å². The SMILES string of the molecule is C1=c2ccccc2=C2c3c(ccc4ccccc34)N(c3cccc(-c4nc(-c5ccccc5)nc(-c5ccccc5)n4)c3)C2C1. The summed E-state index contributed by atoms with van der Waals surface area (Å²) < 4.78 is 0. The van der Waals surface area contributed by atoms with E-state index in [4.69, 9.17) is 15.0 Å². The van der Waals surface area contributed by atoms with E-state index in [1.807, 2.05) is 60.7 Å². The molecule has 1 unspecified atom stereocenters. The standard InChI is InChI=1S/C41H28N4/c1-3-14-29(15-4-1)39-42-40(30-16-5-2-6-17-30)44-41(43-39)31-18-11-19-32(26-31)45-35-24-22-27-12-7-9-20-33(27)37(35)38-34-21-10-8-13-28(34)23-25-36(38)45/h1-24,26,36H,25H2. The molecule has 0 radical (unpaired) electrons. The molecule has 1 aliphatic carbocycles. The highest BCUT2D eigenvalue weighted by Gasteiger charge is 2.37. The highest BCUT2D eigenvalue weighted by molar-refractivity contribution is 6.06. The average molecular weight is 577 g/mol. The van der Waals surface area contributed by atoms with Crippen LogP contribution in [0, 0.1) is 0 Å². The van der Waals surface area contributed by atoms with E-state index < -0.39 is 0 Å². The van der Waals surface area contributed by atoms with Crippen LogP contribution in [-0.2, 0) is 0 Å². The summed E-state index contributed by atoms with van der Waals surface area (Å²) >= 11 is 0. The molecule has 2 heterocycles. The number of hydrogen-bond acceptors (Lipinski definition) is 4. The molecule has 212 valence electrons. The smallest absolute Gasteiger partial charge is 0.164 e. The minimum absolute atomic E-state index is 0.189. The van der Waals surface area contributed by atoms with Crippen LogP contribution in [0.5, 0.6) is 0 Å². The van der Waals surface area contributed by atoms with Gasteiger partial charge in [0.25, 0.3) is 0 Å². The summed E-state index contributed by atoms with van der Waals surface area (Å²) in [5.41, 5.74) is 7.99. The number of benzene rings is 6. The van der Waals surface area contributed by atoms with Crippen molar-refractivity contribution in [3.8, 4) is 34.2 Å². The number of anilines is 2. The van der Waals surface area contributed by atoms with E-state index in [-0.39, 0.29) is 6.04 Å². The molecule has 45 heavy (non-hydrogen) atoms. The molecule has 0 spiro atoms. The van der Waals surface area contributed by atoms with Crippen LogP contribution in [0.2, 0.25) is 0 Å². The van der Waals surface area contributed by atoms with Gasteiger partial charge in [-0.3, -0.25) is 0 Å². The second-order valence-electron chi connectivity index (χ2n) is 11.6. The molecule has 1 aliphatic heterocycles. The number of aromatic nitrogens is 3. The lowest BCUT2D eigenvalue weighted by molar-refractivity contribution is 0.845. The van der Waals surface area contributed by atoms with Crippen molar-refractivity contribution in [2.45, 2.75) is 12.5 Å². The van der Waals surface area contributed by atoms with Crippen LogP contribution in [0.4, 0.5) is 11.4 Å². The quantitative estimate of drug-likeness (QED) is 0.213. The summed E-state index contributed by atoms with van der Waals surface area (Å²) in [6.07, 6.45) is 3.32. The molecule has 1 aromatic heterocycles.